The Morgan fingerprint density at radius 1 is 1.08 bits per heavy atom. The van der Waals surface area contributed by atoms with Gasteiger partial charge in [0.15, 0.2) is 5.78 Å². The lowest BCUT2D eigenvalue weighted by molar-refractivity contribution is -0.116. The van der Waals surface area contributed by atoms with Gasteiger partial charge in [-0.3, -0.25) is 9.69 Å². The van der Waals surface area contributed by atoms with E-state index in [2.05, 4.69) is 40.8 Å². The van der Waals surface area contributed by atoms with Crippen LogP contribution in [0.3, 0.4) is 0 Å². The molecule has 0 spiro atoms. The molecule has 7 heteroatoms. The minimum absolute atomic E-state index is 0.0750. The number of nitrogens with zero attached hydrogens (tertiary/aromatic N) is 2. The van der Waals surface area contributed by atoms with Gasteiger partial charge in [-0.2, -0.15) is 5.26 Å². The molecule has 1 aliphatic heterocycles. The van der Waals surface area contributed by atoms with E-state index in [1.165, 1.54) is 0 Å². The fraction of sp³-hybridized carbons (Fsp3) is 0.226. The van der Waals surface area contributed by atoms with E-state index in [1.54, 1.807) is 12.1 Å². The van der Waals surface area contributed by atoms with Crippen LogP contribution in [0.5, 0.6) is 5.75 Å². The molecule has 0 bridgehead atoms. The molecule has 0 amide bonds. The minimum atomic E-state index is -0.516. The van der Waals surface area contributed by atoms with Crippen LogP contribution in [-0.2, 0) is 11.4 Å². The van der Waals surface area contributed by atoms with Crippen molar-refractivity contribution in [3.8, 4) is 11.8 Å². The molecular weight excluding hydrogens is 609 g/mol. The Labute approximate surface area is 241 Å². The van der Waals surface area contributed by atoms with Crippen molar-refractivity contribution < 1.29 is 9.53 Å². The summed E-state index contributed by atoms with van der Waals surface area (Å²) in [4.78, 5) is 15.4. The maximum Gasteiger partial charge on any atom is 0.161 e. The molecule has 2 N–H and O–H groups in total. The number of carbonyl (C=O) groups excluding carboxylic acids is 1. The van der Waals surface area contributed by atoms with E-state index in [0.717, 1.165) is 55.8 Å². The molecule has 0 saturated carbocycles. The van der Waals surface area contributed by atoms with Crippen molar-refractivity contribution in [2.24, 2.45) is 5.73 Å². The van der Waals surface area contributed by atoms with Gasteiger partial charge in [0.2, 0.25) is 0 Å². The second-order valence-electron chi connectivity index (χ2n) is 9.67. The number of nitriles is 1. The third-order valence-electron chi connectivity index (χ3n) is 7.24. The number of aryl methyl sites for hydroxylation is 2. The molecule has 1 unspecified atom stereocenters. The predicted molar refractivity (Wildman–Crippen MR) is 159 cm³/mol. The highest BCUT2D eigenvalue weighted by Gasteiger charge is 2.41. The number of hydrogen-bond donors (Lipinski definition) is 1. The number of halogens is 2. The summed E-state index contributed by atoms with van der Waals surface area (Å²) in [6.07, 6.45) is 1.94. The minimum Gasteiger partial charge on any atom is -0.489 e. The lowest BCUT2D eigenvalue weighted by atomic mass is 9.74. The third kappa shape index (κ3) is 4.93. The summed E-state index contributed by atoms with van der Waals surface area (Å²) < 4.78 is 7.15. The first-order chi connectivity index (χ1) is 18.3. The number of Topliss-reactive ketones (excluding diaryl/α,β-unsaturated/α-hetero) is 1. The molecule has 0 saturated heterocycles. The molecule has 0 aromatic heterocycles. The standard InChI is InChI=1S/C31H27ClIN3O2/c1-18-14-19(2)25(15-20(18)17-38-24-12-6-21(32)7-13-24)29-26(16-34)31(35)36(23-10-8-22(33)9-11-23)27-4-3-5-28(37)30(27)29/h6-15,29H,3-5,17,35H2,1-2H3. The van der Waals surface area contributed by atoms with Crippen LogP contribution in [0.2, 0.25) is 5.02 Å². The number of rotatable bonds is 5. The van der Waals surface area contributed by atoms with Gasteiger partial charge in [-0.05, 0) is 120 Å². The first kappa shape index (κ1) is 26.3. The van der Waals surface area contributed by atoms with Crippen molar-refractivity contribution in [1.29, 1.82) is 5.26 Å². The first-order valence-corrected chi connectivity index (χ1v) is 13.9. The van der Waals surface area contributed by atoms with E-state index in [4.69, 9.17) is 22.1 Å². The highest BCUT2D eigenvalue weighted by molar-refractivity contribution is 14.1. The fourth-order valence-corrected chi connectivity index (χ4v) is 5.84. The van der Waals surface area contributed by atoms with Gasteiger partial charge in [0.1, 0.15) is 18.2 Å². The van der Waals surface area contributed by atoms with Crippen molar-refractivity contribution in [2.75, 3.05) is 4.90 Å². The summed E-state index contributed by atoms with van der Waals surface area (Å²) in [5.41, 5.74) is 13.6. The number of carbonyl (C=O) groups is 1. The van der Waals surface area contributed by atoms with E-state index in [-0.39, 0.29) is 5.78 Å². The van der Waals surface area contributed by atoms with Crippen LogP contribution in [0.4, 0.5) is 5.69 Å². The molecule has 0 fully saturated rings. The molecule has 38 heavy (non-hydrogen) atoms. The van der Waals surface area contributed by atoms with Gasteiger partial charge < -0.3 is 10.5 Å². The van der Waals surface area contributed by atoms with Crippen molar-refractivity contribution >= 4 is 45.7 Å². The Morgan fingerprint density at radius 2 is 1.79 bits per heavy atom. The summed E-state index contributed by atoms with van der Waals surface area (Å²) in [6.45, 7) is 4.42. The number of hydrogen-bond acceptors (Lipinski definition) is 5. The van der Waals surface area contributed by atoms with Gasteiger partial charge in [-0.15, -0.1) is 0 Å². The van der Waals surface area contributed by atoms with E-state index >= 15 is 0 Å². The van der Waals surface area contributed by atoms with E-state index in [1.807, 2.05) is 55.1 Å². The average molecular weight is 636 g/mol. The Kier molecular flexibility index (Phi) is 7.51. The largest absolute Gasteiger partial charge is 0.489 e. The number of ketones is 1. The first-order valence-electron chi connectivity index (χ1n) is 12.5. The van der Waals surface area contributed by atoms with Gasteiger partial charge in [-0.25, -0.2) is 0 Å². The van der Waals surface area contributed by atoms with Crippen molar-refractivity contribution in [2.45, 2.75) is 45.6 Å². The number of anilines is 1. The normalized spacial score (nSPS) is 17.4. The Balaban J connectivity index is 1.61. The lowest BCUT2D eigenvalue weighted by Gasteiger charge is -2.40. The van der Waals surface area contributed by atoms with Crippen LogP contribution in [-0.4, -0.2) is 5.78 Å². The summed E-state index contributed by atoms with van der Waals surface area (Å²) >= 11 is 8.27. The Hall–Kier alpha value is -3.28. The van der Waals surface area contributed by atoms with Crippen LogP contribution in [0.25, 0.3) is 0 Å². The lowest BCUT2D eigenvalue weighted by Crippen LogP contribution is -2.39. The zero-order chi connectivity index (χ0) is 27.0. The van der Waals surface area contributed by atoms with Gasteiger partial charge in [0, 0.05) is 32.0 Å². The fourth-order valence-electron chi connectivity index (χ4n) is 5.36. The average Bonchev–Trinajstić information content (AvgIpc) is 2.90. The molecule has 3 aromatic rings. The number of benzene rings is 3. The molecule has 1 heterocycles. The zero-order valence-corrected chi connectivity index (χ0v) is 24.1. The number of allylic oxidation sites excluding steroid dienone is 3. The van der Waals surface area contributed by atoms with Gasteiger partial charge in [0.05, 0.1) is 17.6 Å². The second kappa shape index (κ2) is 10.8. The Bertz CT molecular complexity index is 1520. The van der Waals surface area contributed by atoms with E-state index < -0.39 is 5.92 Å². The highest BCUT2D eigenvalue weighted by atomic mass is 127. The van der Waals surface area contributed by atoms with Gasteiger partial charge >= 0.3 is 0 Å². The molecule has 5 nitrogen and oxygen atoms in total. The molecule has 1 aliphatic carbocycles. The van der Waals surface area contributed by atoms with Crippen LogP contribution < -0.4 is 15.4 Å². The molecule has 192 valence electrons. The smallest absolute Gasteiger partial charge is 0.161 e. The van der Waals surface area contributed by atoms with Gasteiger partial charge in [0.25, 0.3) is 0 Å². The highest BCUT2D eigenvalue weighted by Crippen LogP contribution is 2.47. The summed E-state index contributed by atoms with van der Waals surface area (Å²) in [5, 5.41) is 11.0. The van der Waals surface area contributed by atoms with Crippen LogP contribution in [0.1, 0.15) is 47.4 Å². The maximum absolute atomic E-state index is 13.5. The molecule has 0 radical (unpaired) electrons. The summed E-state index contributed by atoms with van der Waals surface area (Å²) in [6, 6.07) is 21.8. The van der Waals surface area contributed by atoms with Crippen molar-refractivity contribution in [3.63, 3.8) is 0 Å². The number of nitrogens with two attached hydrogens (primary N) is 1. The SMILES string of the molecule is Cc1cc(C)c(C2C(C#N)=C(N)N(c3ccc(I)cc3)C3=C2C(=O)CCC3)cc1COc1ccc(Cl)cc1. The number of ether oxygens (including phenoxy) is 1. The summed E-state index contributed by atoms with van der Waals surface area (Å²) in [7, 11) is 0. The van der Waals surface area contributed by atoms with Crippen molar-refractivity contribution in [3.05, 3.63) is 114 Å². The summed E-state index contributed by atoms with van der Waals surface area (Å²) in [5.74, 6) is 0.658. The van der Waals surface area contributed by atoms with Crippen LogP contribution in [0, 0.1) is 28.7 Å². The molecule has 3 aromatic carbocycles. The van der Waals surface area contributed by atoms with Crippen LogP contribution in [0.15, 0.2) is 83.3 Å². The van der Waals surface area contributed by atoms with E-state index in [0.29, 0.717) is 35.0 Å². The molecule has 2 aliphatic rings. The van der Waals surface area contributed by atoms with Crippen LogP contribution >= 0.6 is 34.2 Å². The maximum atomic E-state index is 13.5. The van der Waals surface area contributed by atoms with Gasteiger partial charge in [-0.1, -0.05) is 23.7 Å². The topological polar surface area (TPSA) is 79.4 Å². The third-order valence-corrected chi connectivity index (χ3v) is 8.21. The predicted octanol–water partition coefficient (Wildman–Crippen LogP) is 7.45. The zero-order valence-electron chi connectivity index (χ0n) is 21.2. The monoisotopic (exact) mass is 635 g/mol. The second-order valence-corrected chi connectivity index (χ2v) is 11.4. The van der Waals surface area contributed by atoms with E-state index in [9.17, 15) is 10.1 Å². The molecule has 5 rings (SSSR count). The van der Waals surface area contributed by atoms with Crippen molar-refractivity contribution in [1.82, 2.24) is 0 Å². The Morgan fingerprint density at radius 3 is 2.47 bits per heavy atom. The molecular formula is C31H27ClIN3O2. The quantitative estimate of drug-likeness (QED) is 0.295. The molecule has 1 atom stereocenters.